The van der Waals surface area contributed by atoms with Crippen molar-refractivity contribution >= 4 is 0 Å². The first-order chi connectivity index (χ1) is 4.85. The van der Waals surface area contributed by atoms with Gasteiger partial charge in [-0.15, -0.1) is 0 Å². The average Bonchev–Trinajstić information content (AvgIpc) is 1.90. The molecule has 0 aliphatic heterocycles. The molecule has 4 N–H and O–H groups in total. The van der Waals surface area contributed by atoms with Crippen molar-refractivity contribution in [3.8, 4) is 0 Å². The molecule has 0 bridgehead atoms. The van der Waals surface area contributed by atoms with Crippen molar-refractivity contribution in [2.45, 2.75) is 0 Å². The Balaban J connectivity index is -0.000000405. The van der Waals surface area contributed by atoms with Crippen LogP contribution in [0.1, 0.15) is 0 Å². The molecule has 0 aliphatic carbocycles. The molecule has 0 rings (SSSR count). The van der Waals surface area contributed by atoms with Gasteiger partial charge in [0.25, 0.3) is 0 Å². The molecule has 70 valence electrons. The van der Waals surface area contributed by atoms with E-state index in [1.165, 1.54) is 0 Å². The zero-order chi connectivity index (χ0) is 7.82. The van der Waals surface area contributed by atoms with Crippen LogP contribution in [0.4, 0.5) is 0 Å². The number of aliphatic hydroxyl groups is 3. The molecule has 0 amide bonds. The normalized spacial score (nSPS) is 9.00. The van der Waals surface area contributed by atoms with Crippen molar-refractivity contribution in [1.29, 1.82) is 0 Å². The van der Waals surface area contributed by atoms with Crippen molar-refractivity contribution in [3.63, 3.8) is 0 Å². The summed E-state index contributed by atoms with van der Waals surface area (Å²) in [4.78, 5) is 1.79. The molecule has 0 spiro atoms. The van der Waals surface area contributed by atoms with E-state index in [0.29, 0.717) is 19.6 Å². The van der Waals surface area contributed by atoms with Crippen LogP contribution in [0.15, 0.2) is 0 Å². The summed E-state index contributed by atoms with van der Waals surface area (Å²) < 4.78 is 0. The first kappa shape index (κ1) is 18.6. The van der Waals surface area contributed by atoms with E-state index in [1.54, 1.807) is 4.90 Å². The molecule has 12 heavy (non-hydrogen) atoms. The Hall–Kier alpha value is 0.800. The Morgan fingerprint density at radius 1 is 0.750 bits per heavy atom. The Bertz CT molecular complexity index is 62.3. The van der Waals surface area contributed by atoms with Crippen molar-refractivity contribution in [2.75, 3.05) is 39.5 Å². The van der Waals surface area contributed by atoms with E-state index in [1.807, 2.05) is 0 Å². The third kappa shape index (κ3) is 10.8. The Morgan fingerprint density at radius 3 is 1.17 bits per heavy atom. The van der Waals surface area contributed by atoms with Gasteiger partial charge in [0.1, 0.15) is 0 Å². The van der Waals surface area contributed by atoms with Crippen LogP contribution in [-0.4, -0.2) is 65.2 Å². The fourth-order valence-electron chi connectivity index (χ4n) is 0.760. The maximum absolute atomic E-state index is 8.48. The smallest absolute Gasteiger partial charge is 0.870 e. The molecule has 0 saturated carbocycles. The Morgan fingerprint density at radius 2 is 1.00 bits per heavy atom. The minimum atomic E-state index is 0. The molecule has 0 saturated heterocycles. The van der Waals surface area contributed by atoms with Crippen LogP contribution in [0.5, 0.6) is 0 Å². The molecule has 5 nitrogen and oxygen atoms in total. The van der Waals surface area contributed by atoms with Crippen LogP contribution in [0.25, 0.3) is 0 Å². The summed E-state index contributed by atoms with van der Waals surface area (Å²) in [6, 6.07) is 0. The molecule has 0 unspecified atom stereocenters. The summed E-state index contributed by atoms with van der Waals surface area (Å²) in [5.74, 6) is 0. The third-order valence-electron chi connectivity index (χ3n) is 1.25. The van der Waals surface area contributed by atoms with Gasteiger partial charge in [0.2, 0.25) is 0 Å². The Labute approximate surface area is 94.6 Å². The van der Waals surface area contributed by atoms with E-state index >= 15 is 0 Å². The number of hydrogen-bond donors (Lipinski definition) is 3. The molecule has 0 aromatic heterocycles. The molecule has 0 atom stereocenters. The average molecular weight is 189 g/mol. The molecule has 0 aliphatic rings. The molecule has 0 aromatic carbocycles. The standard InChI is InChI=1S/C6H15NO3.Na.H2O/c8-4-1-7(2-5-9)3-6-10;;/h8-10H,1-6H2;;1H2/q;+1;/p-1. The second-order valence-corrected chi connectivity index (χ2v) is 2.01. The van der Waals surface area contributed by atoms with E-state index in [4.69, 9.17) is 15.3 Å². The molecule has 0 aromatic rings. The van der Waals surface area contributed by atoms with Crippen molar-refractivity contribution in [3.05, 3.63) is 0 Å². The SMILES string of the molecule is OCCN(CCO)CCO.[Na+].[OH-]. The van der Waals surface area contributed by atoms with E-state index in [9.17, 15) is 0 Å². The van der Waals surface area contributed by atoms with Gasteiger partial charge in [0.05, 0.1) is 19.8 Å². The van der Waals surface area contributed by atoms with Crippen LogP contribution >= 0.6 is 0 Å². The van der Waals surface area contributed by atoms with Gasteiger partial charge < -0.3 is 20.8 Å². The van der Waals surface area contributed by atoms with E-state index in [2.05, 4.69) is 0 Å². The van der Waals surface area contributed by atoms with E-state index in [-0.39, 0.29) is 54.9 Å². The van der Waals surface area contributed by atoms with Gasteiger partial charge in [-0.2, -0.15) is 0 Å². The summed E-state index contributed by atoms with van der Waals surface area (Å²) in [6.07, 6.45) is 0. The first-order valence-corrected chi connectivity index (χ1v) is 3.40. The van der Waals surface area contributed by atoms with Crippen LogP contribution in [0, 0.1) is 0 Å². The second kappa shape index (κ2) is 14.3. The molecular formula is C6H16NNaO4. The molecule has 0 heterocycles. The van der Waals surface area contributed by atoms with Gasteiger partial charge >= 0.3 is 29.6 Å². The molecular weight excluding hydrogens is 173 g/mol. The second-order valence-electron chi connectivity index (χ2n) is 2.01. The fraction of sp³-hybridized carbons (Fsp3) is 1.00. The zero-order valence-electron chi connectivity index (χ0n) is 7.48. The summed E-state index contributed by atoms with van der Waals surface area (Å²) in [7, 11) is 0. The fourth-order valence-corrected chi connectivity index (χ4v) is 0.760. The summed E-state index contributed by atoms with van der Waals surface area (Å²) in [6.45, 7) is 1.75. The van der Waals surface area contributed by atoms with Crippen LogP contribution in [0.2, 0.25) is 0 Å². The van der Waals surface area contributed by atoms with Crippen molar-refractivity contribution < 1.29 is 50.4 Å². The minimum absolute atomic E-state index is 0. The third-order valence-corrected chi connectivity index (χ3v) is 1.25. The van der Waals surface area contributed by atoms with Crippen LogP contribution < -0.4 is 29.6 Å². The van der Waals surface area contributed by atoms with Gasteiger partial charge in [-0.3, -0.25) is 4.90 Å². The van der Waals surface area contributed by atoms with Gasteiger partial charge in [-0.1, -0.05) is 0 Å². The topological polar surface area (TPSA) is 93.9 Å². The van der Waals surface area contributed by atoms with Gasteiger partial charge in [0, 0.05) is 19.6 Å². The van der Waals surface area contributed by atoms with Gasteiger partial charge in [-0.25, -0.2) is 0 Å². The number of nitrogens with zero attached hydrogens (tertiary/aromatic N) is 1. The minimum Gasteiger partial charge on any atom is -0.870 e. The van der Waals surface area contributed by atoms with Crippen LogP contribution in [0.3, 0.4) is 0 Å². The van der Waals surface area contributed by atoms with Crippen molar-refractivity contribution in [1.82, 2.24) is 4.90 Å². The van der Waals surface area contributed by atoms with Crippen molar-refractivity contribution in [2.24, 2.45) is 0 Å². The first-order valence-electron chi connectivity index (χ1n) is 3.40. The predicted octanol–water partition coefficient (Wildman–Crippen LogP) is -4.91. The maximum Gasteiger partial charge on any atom is 1.00 e. The quantitative estimate of drug-likeness (QED) is 0.364. The zero-order valence-corrected chi connectivity index (χ0v) is 9.48. The number of rotatable bonds is 6. The number of aliphatic hydroxyl groups excluding tert-OH is 3. The molecule has 0 fully saturated rings. The monoisotopic (exact) mass is 189 g/mol. The summed E-state index contributed by atoms with van der Waals surface area (Å²) >= 11 is 0. The summed E-state index contributed by atoms with van der Waals surface area (Å²) in [5.41, 5.74) is 0. The Kier molecular flexibility index (Phi) is 22.2. The predicted molar refractivity (Wildman–Crippen MR) is 39.6 cm³/mol. The van der Waals surface area contributed by atoms with E-state index in [0.717, 1.165) is 0 Å². The maximum atomic E-state index is 8.48. The number of hydrogen-bond acceptors (Lipinski definition) is 5. The molecule has 0 radical (unpaired) electrons. The van der Waals surface area contributed by atoms with Crippen LogP contribution in [-0.2, 0) is 0 Å². The largest absolute Gasteiger partial charge is 1.00 e. The van der Waals surface area contributed by atoms with Gasteiger partial charge in [-0.05, 0) is 0 Å². The molecule has 6 heteroatoms. The van der Waals surface area contributed by atoms with E-state index < -0.39 is 0 Å². The van der Waals surface area contributed by atoms with Gasteiger partial charge in [0.15, 0.2) is 0 Å². The summed E-state index contributed by atoms with van der Waals surface area (Å²) in [5, 5.41) is 25.5.